The third-order valence-electron chi connectivity index (χ3n) is 1.47. The molecule has 0 unspecified atom stereocenters. The molecular weight excluding hydrogens is 237 g/mol. The Kier molecular flexibility index (Phi) is 2.61. The average Bonchev–Trinajstić information content (AvgIpc) is 2.38. The van der Waals surface area contributed by atoms with Gasteiger partial charge in [-0.15, -0.1) is 0 Å². The van der Waals surface area contributed by atoms with Crippen molar-refractivity contribution in [3.63, 3.8) is 0 Å². The lowest BCUT2D eigenvalue weighted by Crippen LogP contribution is -2.33. The molecular formula is C5H5Cl5. The van der Waals surface area contributed by atoms with E-state index in [1.165, 1.54) is 0 Å². The third-order valence-corrected chi connectivity index (χ3v) is 4.13. The Morgan fingerprint density at radius 2 is 1.30 bits per heavy atom. The SMILES string of the molecule is ClC(Cl)(Cl)C(Cl)(Cl)C1CC1. The highest BCUT2D eigenvalue weighted by Crippen LogP contribution is 2.57. The van der Waals surface area contributed by atoms with Crippen molar-refractivity contribution < 1.29 is 0 Å². The molecule has 0 saturated heterocycles. The maximum Gasteiger partial charge on any atom is 0.223 e. The summed E-state index contributed by atoms with van der Waals surface area (Å²) < 4.78 is -2.78. The van der Waals surface area contributed by atoms with Gasteiger partial charge in [0, 0.05) is 0 Å². The molecule has 0 aromatic rings. The zero-order chi connectivity index (χ0) is 7.99. The summed E-state index contributed by atoms with van der Waals surface area (Å²) in [4.78, 5) is 0. The fourth-order valence-electron chi connectivity index (χ4n) is 0.677. The quantitative estimate of drug-likeness (QED) is 0.611. The lowest BCUT2D eigenvalue weighted by Gasteiger charge is -2.26. The van der Waals surface area contributed by atoms with Gasteiger partial charge in [-0.05, 0) is 18.8 Å². The van der Waals surface area contributed by atoms with Gasteiger partial charge in [0.05, 0.1) is 0 Å². The van der Waals surface area contributed by atoms with Gasteiger partial charge in [-0.2, -0.15) is 0 Å². The largest absolute Gasteiger partial charge is 0.223 e. The normalized spacial score (nSPS) is 21.3. The predicted octanol–water partition coefficient (Wildman–Crippen LogP) is 3.94. The lowest BCUT2D eigenvalue weighted by molar-refractivity contribution is 0.691. The van der Waals surface area contributed by atoms with Crippen LogP contribution in [0.5, 0.6) is 0 Å². The molecule has 5 heteroatoms. The van der Waals surface area contributed by atoms with E-state index >= 15 is 0 Å². The third kappa shape index (κ3) is 1.78. The molecule has 0 nitrogen and oxygen atoms in total. The maximum atomic E-state index is 5.78. The fourth-order valence-corrected chi connectivity index (χ4v) is 1.58. The number of hydrogen-bond donors (Lipinski definition) is 0. The van der Waals surface area contributed by atoms with Crippen molar-refractivity contribution in [2.75, 3.05) is 0 Å². The second-order valence-electron chi connectivity index (χ2n) is 2.39. The zero-order valence-corrected chi connectivity index (χ0v) is 8.66. The van der Waals surface area contributed by atoms with Gasteiger partial charge in [-0.25, -0.2) is 0 Å². The van der Waals surface area contributed by atoms with Gasteiger partial charge < -0.3 is 0 Å². The van der Waals surface area contributed by atoms with Crippen molar-refractivity contribution in [2.45, 2.75) is 21.0 Å². The van der Waals surface area contributed by atoms with Crippen molar-refractivity contribution in [1.29, 1.82) is 0 Å². The highest BCUT2D eigenvalue weighted by Gasteiger charge is 2.55. The molecule has 0 spiro atoms. The molecule has 1 rings (SSSR count). The van der Waals surface area contributed by atoms with Crippen LogP contribution in [-0.4, -0.2) is 8.13 Å². The van der Waals surface area contributed by atoms with Crippen LogP contribution in [0.3, 0.4) is 0 Å². The van der Waals surface area contributed by atoms with Gasteiger partial charge in [-0.3, -0.25) is 0 Å². The van der Waals surface area contributed by atoms with Gasteiger partial charge in [0.15, 0.2) is 4.33 Å². The molecule has 60 valence electrons. The Hall–Kier alpha value is 1.45. The van der Waals surface area contributed by atoms with E-state index in [9.17, 15) is 0 Å². The monoisotopic (exact) mass is 240 g/mol. The van der Waals surface area contributed by atoms with E-state index in [0.717, 1.165) is 12.8 Å². The van der Waals surface area contributed by atoms with Crippen LogP contribution >= 0.6 is 58.0 Å². The van der Waals surface area contributed by atoms with Crippen molar-refractivity contribution in [1.82, 2.24) is 0 Å². The average molecular weight is 242 g/mol. The van der Waals surface area contributed by atoms with E-state index < -0.39 is 8.13 Å². The van der Waals surface area contributed by atoms with E-state index in [0.29, 0.717) is 0 Å². The summed E-state index contributed by atoms with van der Waals surface area (Å²) in [6, 6.07) is 0. The summed E-state index contributed by atoms with van der Waals surface area (Å²) in [6.45, 7) is 0. The molecule has 0 aliphatic heterocycles. The fraction of sp³-hybridized carbons (Fsp3) is 1.00. The Morgan fingerprint density at radius 1 is 0.900 bits per heavy atom. The van der Waals surface area contributed by atoms with E-state index in [1.54, 1.807) is 0 Å². The Balaban J connectivity index is 2.66. The van der Waals surface area contributed by atoms with E-state index in [2.05, 4.69) is 0 Å². The molecule has 1 aliphatic rings. The van der Waals surface area contributed by atoms with Crippen LogP contribution in [0.1, 0.15) is 12.8 Å². The summed E-state index contributed by atoms with van der Waals surface area (Å²) in [5.74, 6) is 0.142. The van der Waals surface area contributed by atoms with Gasteiger partial charge in [0.2, 0.25) is 3.79 Å². The summed E-state index contributed by atoms with van der Waals surface area (Å²) in [5.41, 5.74) is 0. The van der Waals surface area contributed by atoms with Crippen molar-refractivity contribution >= 4 is 58.0 Å². The second-order valence-corrected chi connectivity index (χ2v) is 6.06. The molecule has 0 N–H and O–H groups in total. The van der Waals surface area contributed by atoms with Gasteiger partial charge in [0.1, 0.15) is 0 Å². The first-order valence-electron chi connectivity index (χ1n) is 2.80. The molecule has 1 aliphatic carbocycles. The Morgan fingerprint density at radius 3 is 1.40 bits per heavy atom. The van der Waals surface area contributed by atoms with Crippen LogP contribution in [-0.2, 0) is 0 Å². The first kappa shape index (κ1) is 9.54. The summed E-state index contributed by atoms with van der Waals surface area (Å²) >= 11 is 28.1. The van der Waals surface area contributed by atoms with E-state index in [-0.39, 0.29) is 5.92 Å². The molecule has 0 atom stereocenters. The number of alkyl halides is 5. The van der Waals surface area contributed by atoms with Crippen molar-refractivity contribution in [3.8, 4) is 0 Å². The second kappa shape index (κ2) is 2.74. The van der Waals surface area contributed by atoms with Crippen molar-refractivity contribution in [2.24, 2.45) is 5.92 Å². The minimum absolute atomic E-state index is 0.142. The molecule has 0 heterocycles. The summed E-state index contributed by atoms with van der Waals surface area (Å²) in [7, 11) is 0. The van der Waals surface area contributed by atoms with Gasteiger partial charge in [0.25, 0.3) is 0 Å². The molecule has 1 saturated carbocycles. The highest BCUT2D eigenvalue weighted by molar-refractivity contribution is 6.75. The molecule has 0 amide bonds. The first-order chi connectivity index (χ1) is 4.36. The van der Waals surface area contributed by atoms with Crippen LogP contribution in [0, 0.1) is 5.92 Å². The highest BCUT2D eigenvalue weighted by atomic mass is 35.6. The molecule has 0 aromatic heterocycles. The smallest absolute Gasteiger partial charge is 0.0966 e. The van der Waals surface area contributed by atoms with E-state index in [4.69, 9.17) is 58.0 Å². The minimum Gasteiger partial charge on any atom is -0.0966 e. The maximum absolute atomic E-state index is 5.78. The molecule has 0 bridgehead atoms. The molecule has 0 aromatic carbocycles. The summed E-state index contributed by atoms with van der Waals surface area (Å²) in [5, 5.41) is 0. The van der Waals surface area contributed by atoms with Crippen LogP contribution < -0.4 is 0 Å². The molecule has 0 radical (unpaired) electrons. The topological polar surface area (TPSA) is 0 Å². The zero-order valence-electron chi connectivity index (χ0n) is 4.88. The first-order valence-corrected chi connectivity index (χ1v) is 4.69. The standard InChI is InChI=1S/C5H5Cl5/c6-4(7,3-1-2-3)5(8,9)10/h3H,1-2H2. The van der Waals surface area contributed by atoms with Crippen LogP contribution in [0.25, 0.3) is 0 Å². The number of hydrogen-bond acceptors (Lipinski definition) is 0. The van der Waals surface area contributed by atoms with E-state index in [1.807, 2.05) is 0 Å². The van der Waals surface area contributed by atoms with Crippen LogP contribution in [0.4, 0.5) is 0 Å². The molecule has 10 heavy (non-hydrogen) atoms. The molecule has 1 fully saturated rings. The predicted molar refractivity (Wildman–Crippen MR) is 47.5 cm³/mol. The minimum atomic E-state index is -1.57. The van der Waals surface area contributed by atoms with Gasteiger partial charge >= 0.3 is 0 Å². The number of rotatable bonds is 1. The Labute approximate surface area is 84.7 Å². The number of halogens is 5. The van der Waals surface area contributed by atoms with Crippen LogP contribution in [0.2, 0.25) is 0 Å². The van der Waals surface area contributed by atoms with Crippen molar-refractivity contribution in [3.05, 3.63) is 0 Å². The summed E-state index contributed by atoms with van der Waals surface area (Å²) in [6.07, 6.45) is 1.89. The lowest BCUT2D eigenvalue weighted by atomic mass is 10.3. The Bertz CT molecular complexity index is 131. The van der Waals surface area contributed by atoms with Crippen LogP contribution in [0.15, 0.2) is 0 Å². The van der Waals surface area contributed by atoms with Gasteiger partial charge in [-0.1, -0.05) is 58.0 Å².